The molecular formula is C57H35N5S. The zero-order valence-corrected chi connectivity index (χ0v) is 34.7. The first kappa shape index (κ1) is 35.6. The van der Waals surface area contributed by atoms with E-state index in [4.69, 9.17) is 15.0 Å². The number of para-hydroxylation sites is 3. The molecule has 6 heteroatoms. The smallest absolute Gasteiger partial charge is 0.166 e. The zero-order chi connectivity index (χ0) is 41.4. The van der Waals surface area contributed by atoms with Gasteiger partial charge in [-0.2, -0.15) is 0 Å². The molecule has 0 atom stereocenters. The minimum absolute atomic E-state index is 0.622. The van der Waals surface area contributed by atoms with Gasteiger partial charge in [0.2, 0.25) is 0 Å². The average Bonchev–Trinajstić information content (AvgIpc) is 4.03. The quantitative estimate of drug-likeness (QED) is 0.168. The van der Waals surface area contributed by atoms with E-state index in [9.17, 15) is 0 Å². The maximum Gasteiger partial charge on any atom is 0.166 e. The van der Waals surface area contributed by atoms with Crippen LogP contribution in [0.4, 0.5) is 0 Å². The van der Waals surface area contributed by atoms with Gasteiger partial charge in [-0.05, 0) is 47.5 Å². The van der Waals surface area contributed by atoms with Crippen LogP contribution in [0.3, 0.4) is 0 Å². The molecule has 0 aliphatic heterocycles. The van der Waals surface area contributed by atoms with Gasteiger partial charge in [0.1, 0.15) is 0 Å². The van der Waals surface area contributed by atoms with Crippen LogP contribution in [0.2, 0.25) is 0 Å². The van der Waals surface area contributed by atoms with Crippen molar-refractivity contribution in [2.45, 2.75) is 0 Å². The minimum Gasteiger partial charge on any atom is -0.308 e. The third-order valence-electron chi connectivity index (χ3n) is 12.4. The summed E-state index contributed by atoms with van der Waals surface area (Å²) in [4.78, 5) is 15.4. The average molecular weight is 822 g/mol. The van der Waals surface area contributed by atoms with Crippen LogP contribution >= 0.6 is 11.3 Å². The molecule has 294 valence electrons. The molecule has 0 aliphatic carbocycles. The minimum atomic E-state index is 0.622. The Morgan fingerprint density at radius 3 is 1.40 bits per heavy atom. The Bertz CT molecular complexity index is 3850. The van der Waals surface area contributed by atoms with Crippen LogP contribution in [0.5, 0.6) is 0 Å². The summed E-state index contributed by atoms with van der Waals surface area (Å²) in [6.45, 7) is 0. The number of benzene rings is 9. The fourth-order valence-electron chi connectivity index (χ4n) is 9.55. The molecule has 0 amide bonds. The van der Waals surface area contributed by atoms with Gasteiger partial charge in [0.25, 0.3) is 0 Å². The van der Waals surface area contributed by atoms with Crippen molar-refractivity contribution in [2.75, 3.05) is 0 Å². The number of nitrogens with zero attached hydrogens (tertiary/aromatic N) is 5. The summed E-state index contributed by atoms with van der Waals surface area (Å²) in [5, 5.41) is 7.37. The Morgan fingerprint density at radius 1 is 0.317 bits per heavy atom. The van der Waals surface area contributed by atoms with Crippen molar-refractivity contribution in [1.82, 2.24) is 24.1 Å². The number of rotatable bonds is 6. The fraction of sp³-hybridized carbons (Fsp3) is 0. The maximum atomic E-state index is 5.21. The molecule has 0 aliphatic rings. The molecule has 0 spiro atoms. The van der Waals surface area contributed by atoms with Crippen molar-refractivity contribution >= 4 is 75.1 Å². The summed E-state index contributed by atoms with van der Waals surface area (Å²) >= 11 is 1.89. The van der Waals surface area contributed by atoms with Gasteiger partial charge in [-0.25, -0.2) is 15.0 Å². The normalized spacial score (nSPS) is 11.8. The van der Waals surface area contributed by atoms with Crippen molar-refractivity contribution in [2.24, 2.45) is 0 Å². The van der Waals surface area contributed by atoms with Crippen molar-refractivity contribution in [1.29, 1.82) is 0 Å². The molecule has 63 heavy (non-hydrogen) atoms. The van der Waals surface area contributed by atoms with E-state index < -0.39 is 0 Å². The highest BCUT2D eigenvalue weighted by Gasteiger charge is 2.24. The van der Waals surface area contributed by atoms with Gasteiger partial charge >= 0.3 is 0 Å². The Labute approximate surface area is 366 Å². The van der Waals surface area contributed by atoms with Gasteiger partial charge in [0.05, 0.1) is 37.2 Å². The van der Waals surface area contributed by atoms with E-state index in [0.29, 0.717) is 17.5 Å². The van der Waals surface area contributed by atoms with Gasteiger partial charge < -0.3 is 9.13 Å². The second-order valence-electron chi connectivity index (χ2n) is 16.0. The fourth-order valence-corrected chi connectivity index (χ4v) is 10.9. The highest BCUT2D eigenvalue weighted by atomic mass is 32.1. The van der Waals surface area contributed by atoms with Gasteiger partial charge in [-0.15, -0.1) is 11.3 Å². The number of fused-ring (bicyclic) bond motifs is 11. The molecule has 0 fully saturated rings. The lowest BCUT2D eigenvalue weighted by Gasteiger charge is -2.15. The van der Waals surface area contributed by atoms with Crippen LogP contribution in [-0.4, -0.2) is 24.1 Å². The zero-order valence-electron chi connectivity index (χ0n) is 33.9. The van der Waals surface area contributed by atoms with Crippen molar-refractivity contribution in [3.8, 4) is 56.7 Å². The van der Waals surface area contributed by atoms with Crippen LogP contribution in [0.25, 0.3) is 120 Å². The number of thiophene rings is 1. The predicted octanol–water partition coefficient (Wildman–Crippen LogP) is 15.1. The van der Waals surface area contributed by atoms with E-state index in [1.807, 2.05) is 47.7 Å². The topological polar surface area (TPSA) is 48.5 Å². The maximum absolute atomic E-state index is 5.21. The third-order valence-corrected chi connectivity index (χ3v) is 13.6. The summed E-state index contributed by atoms with van der Waals surface area (Å²) in [7, 11) is 0. The first-order chi connectivity index (χ1) is 31.3. The number of aromatic nitrogens is 5. The van der Waals surface area contributed by atoms with Crippen molar-refractivity contribution in [3.05, 3.63) is 212 Å². The molecule has 4 heterocycles. The van der Waals surface area contributed by atoms with Crippen LogP contribution in [0, 0.1) is 0 Å². The number of hydrogen-bond acceptors (Lipinski definition) is 4. The summed E-state index contributed by atoms with van der Waals surface area (Å²) in [5.41, 5.74) is 12.1. The second-order valence-corrected chi connectivity index (χ2v) is 17.0. The molecule has 5 nitrogen and oxygen atoms in total. The SMILES string of the molecule is c1ccc(-c2cccc(-n3c4ccccc4c4ccc5c6ccc7c8ccccc8n(-c8ccccc8-c8nc(-c9ccccc9)nc(-c9ccccc9)n8)c7c6sc5c43)c2)cc1. The molecule has 0 radical (unpaired) electrons. The predicted molar refractivity (Wildman–Crippen MR) is 263 cm³/mol. The molecule has 0 saturated heterocycles. The molecular weight excluding hydrogens is 787 g/mol. The lowest BCUT2D eigenvalue weighted by Crippen LogP contribution is -2.03. The van der Waals surface area contributed by atoms with Gasteiger partial charge in [-0.3, -0.25) is 0 Å². The molecule has 13 rings (SSSR count). The first-order valence-corrected chi connectivity index (χ1v) is 22.0. The lowest BCUT2D eigenvalue weighted by molar-refractivity contribution is 1.06. The molecule has 0 unspecified atom stereocenters. The van der Waals surface area contributed by atoms with Crippen molar-refractivity contribution < 1.29 is 0 Å². The highest BCUT2D eigenvalue weighted by molar-refractivity contribution is 7.27. The van der Waals surface area contributed by atoms with Crippen LogP contribution < -0.4 is 0 Å². The van der Waals surface area contributed by atoms with Crippen molar-refractivity contribution in [3.63, 3.8) is 0 Å². The lowest BCUT2D eigenvalue weighted by atomic mass is 10.1. The summed E-state index contributed by atoms with van der Waals surface area (Å²) in [6.07, 6.45) is 0. The standard InChI is InChI=1S/C57H35N5S/c1-4-17-36(18-5-1)39-23-16-24-40(35-39)61-48-28-13-10-25-41(48)43-31-33-45-46-34-32-44-42-26-11-14-29-49(42)62(52(44)54(46)63-53(45)51(43)61)50-30-15-12-27-47(50)57-59-55(37-19-6-2-7-20-37)58-56(60-57)38-21-8-3-9-22-38/h1-35H. The monoisotopic (exact) mass is 821 g/mol. The van der Waals surface area contributed by atoms with E-state index in [0.717, 1.165) is 33.6 Å². The molecule has 13 aromatic rings. The number of hydrogen-bond donors (Lipinski definition) is 0. The van der Waals surface area contributed by atoms with Gasteiger partial charge in [0.15, 0.2) is 17.5 Å². The van der Waals surface area contributed by atoms with E-state index in [-0.39, 0.29) is 0 Å². The van der Waals surface area contributed by atoms with E-state index in [2.05, 4.69) is 185 Å². The Kier molecular flexibility index (Phi) is 8.01. The Balaban J connectivity index is 1.10. The summed E-state index contributed by atoms with van der Waals surface area (Å²) in [5.74, 6) is 1.89. The molecule has 0 N–H and O–H groups in total. The second kappa shape index (κ2) is 14.2. The Morgan fingerprint density at radius 2 is 0.778 bits per heavy atom. The van der Waals surface area contributed by atoms with Gasteiger partial charge in [0, 0.05) is 54.7 Å². The van der Waals surface area contributed by atoms with Crippen LogP contribution in [0.1, 0.15) is 0 Å². The molecule has 0 saturated carbocycles. The highest BCUT2D eigenvalue weighted by Crippen LogP contribution is 2.48. The van der Waals surface area contributed by atoms with Gasteiger partial charge in [-0.1, -0.05) is 176 Å². The molecule has 0 bridgehead atoms. The van der Waals surface area contributed by atoms with E-state index >= 15 is 0 Å². The van der Waals surface area contributed by atoms with Crippen LogP contribution in [0.15, 0.2) is 212 Å². The third kappa shape index (κ3) is 5.59. The first-order valence-electron chi connectivity index (χ1n) is 21.2. The van der Waals surface area contributed by atoms with E-state index in [1.165, 1.54) is 69.4 Å². The van der Waals surface area contributed by atoms with E-state index in [1.54, 1.807) is 0 Å². The Hall–Kier alpha value is -8.19. The molecule has 9 aromatic carbocycles. The largest absolute Gasteiger partial charge is 0.308 e. The van der Waals surface area contributed by atoms with Crippen LogP contribution in [-0.2, 0) is 0 Å². The molecule has 4 aromatic heterocycles. The summed E-state index contributed by atoms with van der Waals surface area (Å²) in [6, 6.07) is 75.4. The summed E-state index contributed by atoms with van der Waals surface area (Å²) < 4.78 is 7.43.